The zero-order valence-corrected chi connectivity index (χ0v) is 17.3. The minimum atomic E-state index is -2.95. The van der Waals surface area contributed by atoms with E-state index in [4.69, 9.17) is 0 Å². The van der Waals surface area contributed by atoms with Gasteiger partial charge in [0.2, 0.25) is 5.91 Å². The lowest BCUT2D eigenvalue weighted by molar-refractivity contribution is -0.116. The number of carbonyl (C=O) groups is 2. The maximum absolute atomic E-state index is 12.6. The molecule has 0 atom stereocenters. The van der Waals surface area contributed by atoms with E-state index in [9.17, 15) is 18.4 Å². The molecule has 1 aromatic heterocycles. The molecule has 0 aliphatic heterocycles. The molecule has 2 aromatic carbocycles. The monoisotopic (exact) mass is 480 g/mol. The van der Waals surface area contributed by atoms with Crippen molar-refractivity contribution in [3.63, 3.8) is 0 Å². The van der Waals surface area contributed by atoms with Gasteiger partial charge in [0.05, 0.1) is 5.69 Å². The van der Waals surface area contributed by atoms with Crippen molar-refractivity contribution in [1.82, 2.24) is 4.98 Å². The average Bonchev–Trinajstić information content (AvgIpc) is 3.15. The molecule has 0 aliphatic rings. The first-order valence-corrected chi connectivity index (χ1v) is 10.2. The van der Waals surface area contributed by atoms with E-state index in [-0.39, 0.29) is 30.3 Å². The van der Waals surface area contributed by atoms with Crippen LogP contribution in [0, 0.1) is 0 Å². The molecule has 29 heavy (non-hydrogen) atoms. The summed E-state index contributed by atoms with van der Waals surface area (Å²) >= 11 is 4.46. The number of anilines is 1. The summed E-state index contributed by atoms with van der Waals surface area (Å²) in [6.45, 7) is -2.95. The van der Waals surface area contributed by atoms with Crippen LogP contribution in [0.1, 0.15) is 23.2 Å². The van der Waals surface area contributed by atoms with E-state index in [1.165, 1.54) is 6.07 Å². The summed E-state index contributed by atoms with van der Waals surface area (Å²) in [4.78, 5) is 28.5. The third-order valence-corrected chi connectivity index (χ3v) is 5.16. The minimum Gasteiger partial charge on any atom is -0.434 e. The maximum Gasteiger partial charge on any atom is 0.387 e. The summed E-state index contributed by atoms with van der Waals surface area (Å²) in [6, 6.07) is 13.2. The molecule has 3 rings (SSSR count). The molecule has 0 bridgehead atoms. The number of nitrogens with one attached hydrogen (secondary N) is 1. The van der Waals surface area contributed by atoms with Crippen LogP contribution >= 0.6 is 27.3 Å². The molecule has 1 heterocycles. The van der Waals surface area contributed by atoms with E-state index in [1.54, 1.807) is 47.8 Å². The van der Waals surface area contributed by atoms with Gasteiger partial charge >= 0.3 is 6.61 Å². The number of ketones is 1. The van der Waals surface area contributed by atoms with Crippen LogP contribution in [0.25, 0.3) is 11.3 Å². The summed E-state index contributed by atoms with van der Waals surface area (Å²) < 4.78 is 30.5. The van der Waals surface area contributed by atoms with E-state index in [2.05, 4.69) is 31.0 Å². The number of hydrogen-bond acceptors (Lipinski definition) is 5. The van der Waals surface area contributed by atoms with Gasteiger partial charge in [-0.15, -0.1) is 11.3 Å². The number of para-hydroxylation sites is 1. The molecule has 3 aromatic rings. The predicted octanol–water partition coefficient (Wildman–Crippen LogP) is 5.78. The summed E-state index contributed by atoms with van der Waals surface area (Å²) in [7, 11) is 0. The third-order valence-electron chi connectivity index (χ3n) is 3.87. The fourth-order valence-corrected chi connectivity index (χ4v) is 3.51. The highest BCUT2D eigenvalue weighted by molar-refractivity contribution is 9.10. The molecule has 1 N–H and O–H groups in total. The van der Waals surface area contributed by atoms with Gasteiger partial charge in [-0.2, -0.15) is 8.78 Å². The Morgan fingerprint density at radius 2 is 1.83 bits per heavy atom. The van der Waals surface area contributed by atoms with Gasteiger partial charge in [-0.25, -0.2) is 4.98 Å². The molecule has 0 unspecified atom stereocenters. The Bertz CT molecular complexity index is 1010. The topological polar surface area (TPSA) is 68.3 Å². The van der Waals surface area contributed by atoms with Crippen LogP contribution in [-0.4, -0.2) is 23.3 Å². The lowest BCUT2D eigenvalue weighted by Gasteiger charge is -2.08. The summed E-state index contributed by atoms with van der Waals surface area (Å²) in [5.41, 5.74) is 1.34. The van der Waals surface area contributed by atoms with Crippen molar-refractivity contribution in [1.29, 1.82) is 0 Å². The van der Waals surface area contributed by atoms with Crippen LogP contribution in [0.15, 0.2) is 58.4 Å². The van der Waals surface area contributed by atoms with Crippen molar-refractivity contribution >= 4 is 44.1 Å². The minimum absolute atomic E-state index is 0.00534. The van der Waals surface area contributed by atoms with E-state index in [0.29, 0.717) is 22.0 Å². The number of halogens is 3. The van der Waals surface area contributed by atoms with Crippen LogP contribution in [0.5, 0.6) is 5.75 Å². The first kappa shape index (κ1) is 21.1. The van der Waals surface area contributed by atoms with Gasteiger partial charge in [-0.1, -0.05) is 40.2 Å². The normalized spacial score (nSPS) is 10.8. The molecule has 150 valence electrons. The van der Waals surface area contributed by atoms with E-state index >= 15 is 0 Å². The highest BCUT2D eigenvalue weighted by atomic mass is 79.9. The van der Waals surface area contributed by atoms with Crippen LogP contribution in [-0.2, 0) is 4.79 Å². The van der Waals surface area contributed by atoms with E-state index < -0.39 is 6.61 Å². The molecule has 0 radical (unpaired) electrons. The summed E-state index contributed by atoms with van der Waals surface area (Å²) in [5, 5.41) is 4.58. The molecule has 0 saturated heterocycles. The quantitative estimate of drug-likeness (QED) is 0.415. The Balaban J connectivity index is 1.59. The lowest BCUT2D eigenvalue weighted by Crippen LogP contribution is -2.13. The van der Waals surface area contributed by atoms with Crippen molar-refractivity contribution in [3.8, 4) is 17.0 Å². The van der Waals surface area contributed by atoms with Gasteiger partial charge in [0.1, 0.15) is 5.75 Å². The number of benzene rings is 2. The summed E-state index contributed by atoms with van der Waals surface area (Å²) in [5.74, 6) is -0.482. The zero-order chi connectivity index (χ0) is 20.8. The largest absolute Gasteiger partial charge is 0.434 e. The smallest absolute Gasteiger partial charge is 0.387 e. The first-order chi connectivity index (χ1) is 13.9. The molecular weight excluding hydrogens is 466 g/mol. The molecule has 9 heteroatoms. The van der Waals surface area contributed by atoms with Crippen molar-refractivity contribution < 1.29 is 23.1 Å². The Labute approximate surface area is 177 Å². The van der Waals surface area contributed by atoms with Crippen LogP contribution in [0.2, 0.25) is 0 Å². The van der Waals surface area contributed by atoms with Crippen molar-refractivity contribution in [2.45, 2.75) is 19.5 Å². The fraction of sp³-hybridized carbons (Fsp3) is 0.150. The number of rotatable bonds is 8. The third kappa shape index (κ3) is 5.91. The molecule has 0 saturated carbocycles. The fourth-order valence-electron chi connectivity index (χ4n) is 2.52. The number of Topliss-reactive ketones (excluding diaryl/α,β-unsaturated/α-hetero) is 1. The standard InChI is InChI=1S/C20H15BrF2N2O3S/c21-13-7-5-12(6-8-13)16(26)9-10-18(27)25-20-24-15(11-29-20)14-3-1-2-4-17(14)28-19(22)23/h1-8,11,19H,9-10H2,(H,24,25,27). The van der Waals surface area contributed by atoms with Gasteiger partial charge in [0, 0.05) is 33.8 Å². The second-order valence-electron chi connectivity index (χ2n) is 5.89. The highest BCUT2D eigenvalue weighted by Crippen LogP contribution is 2.33. The van der Waals surface area contributed by atoms with E-state index in [1.807, 2.05) is 0 Å². The molecule has 0 fully saturated rings. The number of alkyl halides is 2. The van der Waals surface area contributed by atoms with Gasteiger partial charge in [-0.05, 0) is 24.3 Å². The molecule has 0 spiro atoms. The number of aromatic nitrogens is 1. The maximum atomic E-state index is 12.6. The van der Waals surface area contributed by atoms with Crippen molar-refractivity contribution in [3.05, 3.63) is 63.9 Å². The van der Waals surface area contributed by atoms with Crippen molar-refractivity contribution in [2.75, 3.05) is 5.32 Å². The van der Waals surface area contributed by atoms with Gasteiger partial charge in [0.25, 0.3) is 0 Å². The Hall–Kier alpha value is -2.65. The van der Waals surface area contributed by atoms with Crippen LogP contribution < -0.4 is 10.1 Å². The molecular formula is C20H15BrF2N2O3S. The predicted molar refractivity (Wildman–Crippen MR) is 111 cm³/mol. The van der Waals surface area contributed by atoms with Gasteiger partial charge < -0.3 is 10.1 Å². The highest BCUT2D eigenvalue weighted by Gasteiger charge is 2.15. The summed E-state index contributed by atoms with van der Waals surface area (Å²) in [6.07, 6.45) is 0.0751. The SMILES string of the molecule is O=C(CCC(=O)c1ccc(Br)cc1)Nc1nc(-c2ccccc2OC(F)F)cs1. The lowest BCUT2D eigenvalue weighted by atomic mass is 10.1. The first-order valence-electron chi connectivity index (χ1n) is 8.51. The number of thiazole rings is 1. The van der Waals surface area contributed by atoms with Crippen molar-refractivity contribution in [2.24, 2.45) is 0 Å². The Morgan fingerprint density at radius 3 is 2.55 bits per heavy atom. The second-order valence-corrected chi connectivity index (χ2v) is 7.66. The Morgan fingerprint density at radius 1 is 1.10 bits per heavy atom. The Kier molecular flexibility index (Phi) is 7.05. The molecule has 0 aliphatic carbocycles. The number of carbonyl (C=O) groups excluding carboxylic acids is 2. The number of nitrogens with zero attached hydrogens (tertiary/aromatic N) is 1. The molecule has 5 nitrogen and oxygen atoms in total. The zero-order valence-electron chi connectivity index (χ0n) is 14.9. The average molecular weight is 481 g/mol. The number of amides is 1. The molecule has 1 amide bonds. The van der Waals surface area contributed by atoms with Gasteiger partial charge in [-0.3, -0.25) is 9.59 Å². The van der Waals surface area contributed by atoms with Crippen LogP contribution in [0.3, 0.4) is 0 Å². The van der Waals surface area contributed by atoms with Crippen LogP contribution in [0.4, 0.5) is 13.9 Å². The second kappa shape index (κ2) is 9.71. The number of hydrogen-bond donors (Lipinski definition) is 1. The van der Waals surface area contributed by atoms with Gasteiger partial charge in [0.15, 0.2) is 10.9 Å². The van der Waals surface area contributed by atoms with E-state index in [0.717, 1.165) is 15.8 Å². The number of ether oxygens (including phenoxy) is 1.